The van der Waals surface area contributed by atoms with Gasteiger partial charge in [-0.3, -0.25) is 9.48 Å². The number of thiophene rings is 1. The zero-order valence-electron chi connectivity index (χ0n) is 13.7. The summed E-state index contributed by atoms with van der Waals surface area (Å²) in [5, 5.41) is 9.25. The molecule has 1 N–H and O–H groups in total. The van der Waals surface area contributed by atoms with Crippen molar-refractivity contribution in [3.05, 3.63) is 29.3 Å². The van der Waals surface area contributed by atoms with Crippen molar-refractivity contribution >= 4 is 27.1 Å². The second kappa shape index (κ2) is 6.68. The molecule has 6 nitrogen and oxygen atoms in total. The number of hydrogen-bond acceptors (Lipinski definition) is 5. The fraction of sp³-hybridized carbons (Fsp3) is 0.500. The Hall–Kier alpha value is -1.67. The molecule has 24 heavy (non-hydrogen) atoms. The molecule has 1 amide bonds. The second-order valence-electron chi connectivity index (χ2n) is 6.50. The Labute approximate surface area is 145 Å². The van der Waals surface area contributed by atoms with Gasteiger partial charge in [-0.15, -0.1) is 11.3 Å². The minimum Gasteiger partial charge on any atom is -0.350 e. The highest BCUT2D eigenvalue weighted by molar-refractivity contribution is 7.91. The standard InChI is InChI=1S/C16H21N3O3S2/c1-11(2)9-17-16(20)13-8-14(15-4-3-6-23-15)19(18-13)12-5-7-24(21,22)10-12/h3-4,6,8,11-12H,5,7,9-10H2,1-2H3,(H,17,20). The first kappa shape index (κ1) is 17.2. The minimum atomic E-state index is -3.02. The van der Waals surface area contributed by atoms with Crippen LogP contribution in [0.4, 0.5) is 0 Å². The maximum atomic E-state index is 12.3. The predicted octanol–water partition coefficient (Wildman–Crippen LogP) is 2.36. The van der Waals surface area contributed by atoms with Crippen LogP contribution in [0.5, 0.6) is 0 Å². The maximum absolute atomic E-state index is 12.3. The van der Waals surface area contributed by atoms with Crippen LogP contribution in [0.3, 0.4) is 0 Å². The van der Waals surface area contributed by atoms with E-state index in [0.29, 0.717) is 24.6 Å². The van der Waals surface area contributed by atoms with E-state index in [9.17, 15) is 13.2 Å². The van der Waals surface area contributed by atoms with E-state index in [0.717, 1.165) is 10.6 Å². The lowest BCUT2D eigenvalue weighted by molar-refractivity contribution is 0.0943. The first-order valence-electron chi connectivity index (χ1n) is 7.98. The molecule has 1 aliphatic heterocycles. The fourth-order valence-electron chi connectivity index (χ4n) is 2.75. The summed E-state index contributed by atoms with van der Waals surface area (Å²) < 4.78 is 25.3. The molecule has 1 fully saturated rings. The van der Waals surface area contributed by atoms with Gasteiger partial charge in [0.05, 0.1) is 28.1 Å². The zero-order chi connectivity index (χ0) is 17.3. The molecule has 0 spiro atoms. The van der Waals surface area contributed by atoms with E-state index in [2.05, 4.69) is 10.4 Å². The molecule has 0 aromatic carbocycles. The molecule has 1 unspecified atom stereocenters. The van der Waals surface area contributed by atoms with Gasteiger partial charge < -0.3 is 5.32 Å². The highest BCUT2D eigenvalue weighted by Gasteiger charge is 2.32. The first-order valence-corrected chi connectivity index (χ1v) is 10.7. The minimum absolute atomic E-state index is 0.0834. The van der Waals surface area contributed by atoms with Gasteiger partial charge in [0.25, 0.3) is 5.91 Å². The van der Waals surface area contributed by atoms with Crippen LogP contribution in [0.1, 0.15) is 36.8 Å². The first-order chi connectivity index (χ1) is 11.4. The summed E-state index contributed by atoms with van der Waals surface area (Å²) in [7, 11) is -3.02. The van der Waals surface area contributed by atoms with Crippen LogP contribution in [0, 0.1) is 5.92 Å². The van der Waals surface area contributed by atoms with Crippen LogP contribution < -0.4 is 5.32 Å². The van der Waals surface area contributed by atoms with Crippen molar-refractivity contribution in [2.45, 2.75) is 26.3 Å². The summed E-state index contributed by atoms with van der Waals surface area (Å²) in [4.78, 5) is 13.3. The van der Waals surface area contributed by atoms with Crippen molar-refractivity contribution in [3.63, 3.8) is 0 Å². The summed E-state index contributed by atoms with van der Waals surface area (Å²) in [6.07, 6.45) is 0.537. The average molecular weight is 367 g/mol. The van der Waals surface area contributed by atoms with Crippen LogP contribution >= 0.6 is 11.3 Å². The van der Waals surface area contributed by atoms with E-state index in [1.807, 2.05) is 31.4 Å². The van der Waals surface area contributed by atoms with Crippen LogP contribution in [0.15, 0.2) is 23.6 Å². The molecule has 1 atom stereocenters. The predicted molar refractivity (Wildman–Crippen MR) is 95.0 cm³/mol. The molecule has 0 radical (unpaired) electrons. The van der Waals surface area contributed by atoms with Gasteiger partial charge >= 0.3 is 0 Å². The molecule has 130 valence electrons. The number of rotatable bonds is 5. The SMILES string of the molecule is CC(C)CNC(=O)c1cc(-c2cccs2)n(C2CCS(=O)(=O)C2)n1. The van der Waals surface area contributed by atoms with Crippen molar-refractivity contribution < 1.29 is 13.2 Å². The lowest BCUT2D eigenvalue weighted by Crippen LogP contribution is -2.28. The number of amides is 1. The number of nitrogens with zero attached hydrogens (tertiary/aromatic N) is 2. The molecule has 1 aliphatic rings. The van der Waals surface area contributed by atoms with Crippen molar-refractivity contribution in [1.29, 1.82) is 0 Å². The zero-order valence-corrected chi connectivity index (χ0v) is 15.4. The summed E-state index contributed by atoms with van der Waals surface area (Å²) >= 11 is 1.55. The highest BCUT2D eigenvalue weighted by Crippen LogP contribution is 2.32. The Kier molecular flexibility index (Phi) is 4.78. The summed E-state index contributed by atoms with van der Waals surface area (Å²) in [5.74, 6) is 0.394. The third-order valence-corrected chi connectivity index (χ3v) is 6.61. The summed E-state index contributed by atoms with van der Waals surface area (Å²) in [6.45, 7) is 4.64. The Balaban J connectivity index is 1.93. The Morgan fingerprint density at radius 3 is 2.88 bits per heavy atom. The van der Waals surface area contributed by atoms with Gasteiger partial charge in [0.1, 0.15) is 0 Å². The Morgan fingerprint density at radius 1 is 1.50 bits per heavy atom. The van der Waals surface area contributed by atoms with Gasteiger partial charge in [-0.1, -0.05) is 19.9 Å². The lowest BCUT2D eigenvalue weighted by atomic mass is 10.2. The second-order valence-corrected chi connectivity index (χ2v) is 9.67. The van der Waals surface area contributed by atoms with Gasteiger partial charge in [0.2, 0.25) is 0 Å². The van der Waals surface area contributed by atoms with Crippen LogP contribution in [-0.2, 0) is 9.84 Å². The van der Waals surface area contributed by atoms with Gasteiger partial charge in [0, 0.05) is 6.54 Å². The molecule has 1 saturated heterocycles. The van der Waals surface area contributed by atoms with E-state index in [-0.39, 0.29) is 23.5 Å². The molecular formula is C16H21N3O3S2. The number of aromatic nitrogens is 2. The van der Waals surface area contributed by atoms with Gasteiger partial charge in [-0.25, -0.2) is 8.42 Å². The number of sulfone groups is 1. The lowest BCUT2D eigenvalue weighted by Gasteiger charge is -2.12. The maximum Gasteiger partial charge on any atom is 0.271 e. The average Bonchev–Trinajstić information content (AvgIpc) is 3.22. The van der Waals surface area contributed by atoms with Crippen LogP contribution in [-0.4, -0.2) is 42.2 Å². The summed E-state index contributed by atoms with van der Waals surface area (Å²) in [5.41, 5.74) is 1.14. The molecular weight excluding hydrogens is 346 g/mol. The van der Waals surface area contributed by atoms with Gasteiger partial charge in [-0.05, 0) is 29.9 Å². The van der Waals surface area contributed by atoms with Gasteiger partial charge in [0.15, 0.2) is 15.5 Å². The van der Waals surface area contributed by atoms with E-state index < -0.39 is 9.84 Å². The monoisotopic (exact) mass is 367 g/mol. The molecule has 3 heterocycles. The summed E-state index contributed by atoms with van der Waals surface area (Å²) in [6, 6.07) is 5.43. The largest absolute Gasteiger partial charge is 0.350 e. The van der Waals surface area contributed by atoms with E-state index >= 15 is 0 Å². The highest BCUT2D eigenvalue weighted by atomic mass is 32.2. The Morgan fingerprint density at radius 2 is 2.29 bits per heavy atom. The molecule has 0 aliphatic carbocycles. The Bertz CT molecular complexity index is 823. The van der Waals surface area contributed by atoms with Crippen LogP contribution in [0.2, 0.25) is 0 Å². The topological polar surface area (TPSA) is 81.1 Å². The van der Waals surface area contributed by atoms with E-state index in [4.69, 9.17) is 0 Å². The molecule has 0 saturated carbocycles. The third kappa shape index (κ3) is 3.70. The normalized spacial score (nSPS) is 19.7. The molecule has 0 bridgehead atoms. The van der Waals surface area contributed by atoms with Crippen LogP contribution in [0.25, 0.3) is 10.6 Å². The van der Waals surface area contributed by atoms with Crippen molar-refractivity contribution in [2.75, 3.05) is 18.1 Å². The number of hydrogen-bond donors (Lipinski definition) is 1. The smallest absolute Gasteiger partial charge is 0.271 e. The van der Waals surface area contributed by atoms with Crippen molar-refractivity contribution in [3.8, 4) is 10.6 Å². The quantitative estimate of drug-likeness (QED) is 0.880. The number of nitrogens with one attached hydrogen (secondary N) is 1. The number of carbonyl (C=O) groups excluding carboxylic acids is 1. The molecule has 2 aromatic heterocycles. The van der Waals surface area contributed by atoms with E-state index in [1.54, 1.807) is 22.1 Å². The van der Waals surface area contributed by atoms with Crippen molar-refractivity contribution in [1.82, 2.24) is 15.1 Å². The third-order valence-electron chi connectivity index (χ3n) is 3.97. The number of carbonyl (C=O) groups is 1. The molecule has 8 heteroatoms. The molecule has 3 rings (SSSR count). The fourth-order valence-corrected chi connectivity index (χ4v) is 5.17. The molecule has 2 aromatic rings. The van der Waals surface area contributed by atoms with Crippen molar-refractivity contribution in [2.24, 2.45) is 5.92 Å². The van der Waals surface area contributed by atoms with Gasteiger partial charge in [-0.2, -0.15) is 5.10 Å². The van der Waals surface area contributed by atoms with E-state index in [1.165, 1.54) is 0 Å².